The number of rotatable bonds is 6. The van der Waals surface area contributed by atoms with Crippen LogP contribution in [0.1, 0.15) is 27.1 Å². The highest BCUT2D eigenvalue weighted by Crippen LogP contribution is 2.21. The predicted octanol–water partition coefficient (Wildman–Crippen LogP) is 2.82. The summed E-state index contributed by atoms with van der Waals surface area (Å²) in [5.74, 6) is 0.730. The Bertz CT molecular complexity index is 908. The first-order valence-corrected chi connectivity index (χ1v) is 9.27. The zero-order chi connectivity index (χ0) is 18.5. The van der Waals surface area contributed by atoms with E-state index in [-0.39, 0.29) is 5.91 Å². The molecular formula is C19H21N5OS. The number of thiazole rings is 1. The lowest BCUT2D eigenvalue weighted by Crippen LogP contribution is -2.27. The summed E-state index contributed by atoms with van der Waals surface area (Å²) in [5, 5.41) is 3.97. The Morgan fingerprint density at radius 3 is 2.62 bits per heavy atom. The molecule has 3 aromatic heterocycles. The molecule has 7 heteroatoms. The van der Waals surface area contributed by atoms with E-state index in [2.05, 4.69) is 25.3 Å². The summed E-state index contributed by atoms with van der Waals surface area (Å²) in [4.78, 5) is 30.5. The number of nitrogens with zero attached hydrogens (tertiary/aromatic N) is 4. The van der Waals surface area contributed by atoms with Gasteiger partial charge in [-0.25, -0.2) is 15.0 Å². The van der Waals surface area contributed by atoms with Gasteiger partial charge in [0.1, 0.15) is 5.82 Å². The van der Waals surface area contributed by atoms with E-state index in [1.165, 1.54) is 0 Å². The van der Waals surface area contributed by atoms with Crippen LogP contribution in [0.25, 0.3) is 11.1 Å². The fourth-order valence-corrected chi connectivity index (χ4v) is 3.68. The molecule has 3 rings (SSSR count). The SMILES string of the molecule is Cc1ncc(-c2ccncc2)c(CCNC(=O)Cc2sc(C)nc2C)n1. The van der Waals surface area contributed by atoms with E-state index < -0.39 is 0 Å². The van der Waals surface area contributed by atoms with Crippen LogP contribution >= 0.6 is 11.3 Å². The molecule has 3 aromatic rings. The Kier molecular flexibility index (Phi) is 5.68. The summed E-state index contributed by atoms with van der Waals surface area (Å²) in [6.45, 7) is 6.30. The van der Waals surface area contributed by atoms with E-state index in [0.717, 1.165) is 38.2 Å². The highest BCUT2D eigenvalue weighted by atomic mass is 32.1. The van der Waals surface area contributed by atoms with E-state index in [1.807, 2.05) is 39.1 Å². The van der Waals surface area contributed by atoms with Crippen molar-refractivity contribution in [2.45, 2.75) is 33.6 Å². The van der Waals surface area contributed by atoms with Crippen molar-refractivity contribution in [2.75, 3.05) is 6.54 Å². The van der Waals surface area contributed by atoms with Crippen LogP contribution in [0.5, 0.6) is 0 Å². The van der Waals surface area contributed by atoms with Gasteiger partial charge in [-0.2, -0.15) is 0 Å². The summed E-state index contributed by atoms with van der Waals surface area (Å²) in [6, 6.07) is 3.87. The number of aryl methyl sites for hydroxylation is 3. The van der Waals surface area contributed by atoms with Crippen LogP contribution in [0.2, 0.25) is 0 Å². The quantitative estimate of drug-likeness (QED) is 0.724. The van der Waals surface area contributed by atoms with Crippen molar-refractivity contribution in [1.82, 2.24) is 25.3 Å². The molecule has 0 fully saturated rings. The second-order valence-electron chi connectivity index (χ2n) is 6.03. The topological polar surface area (TPSA) is 80.7 Å². The van der Waals surface area contributed by atoms with Gasteiger partial charge in [0.25, 0.3) is 0 Å². The lowest BCUT2D eigenvalue weighted by Gasteiger charge is -2.10. The minimum absolute atomic E-state index is 0.00740. The highest BCUT2D eigenvalue weighted by Gasteiger charge is 2.12. The Morgan fingerprint density at radius 2 is 1.92 bits per heavy atom. The fraction of sp³-hybridized carbons (Fsp3) is 0.316. The van der Waals surface area contributed by atoms with E-state index in [0.29, 0.717) is 19.4 Å². The third kappa shape index (κ3) is 4.49. The molecule has 0 aromatic carbocycles. The van der Waals surface area contributed by atoms with Crippen LogP contribution in [0.4, 0.5) is 0 Å². The zero-order valence-corrected chi connectivity index (χ0v) is 15.9. The van der Waals surface area contributed by atoms with Gasteiger partial charge in [-0.05, 0) is 38.5 Å². The second-order valence-corrected chi connectivity index (χ2v) is 7.32. The molecule has 0 bridgehead atoms. The van der Waals surface area contributed by atoms with Gasteiger partial charge >= 0.3 is 0 Å². The normalized spacial score (nSPS) is 10.7. The third-order valence-corrected chi connectivity index (χ3v) is 5.06. The number of carbonyl (C=O) groups is 1. The van der Waals surface area contributed by atoms with Crippen LogP contribution in [0.15, 0.2) is 30.7 Å². The molecule has 0 aliphatic heterocycles. The second kappa shape index (κ2) is 8.14. The van der Waals surface area contributed by atoms with Gasteiger partial charge in [0.05, 0.1) is 22.8 Å². The van der Waals surface area contributed by atoms with E-state index >= 15 is 0 Å². The first kappa shape index (κ1) is 18.1. The van der Waals surface area contributed by atoms with Crippen molar-refractivity contribution < 1.29 is 4.79 Å². The number of hydrogen-bond donors (Lipinski definition) is 1. The molecule has 0 aliphatic rings. The Balaban J connectivity index is 1.63. The molecule has 0 aliphatic carbocycles. The Morgan fingerprint density at radius 1 is 1.15 bits per heavy atom. The van der Waals surface area contributed by atoms with E-state index in [4.69, 9.17) is 0 Å². The van der Waals surface area contributed by atoms with Crippen molar-refractivity contribution in [3.8, 4) is 11.1 Å². The zero-order valence-electron chi connectivity index (χ0n) is 15.1. The fourth-order valence-electron chi connectivity index (χ4n) is 2.75. The summed E-state index contributed by atoms with van der Waals surface area (Å²) < 4.78 is 0. The average Bonchev–Trinajstić information content (AvgIpc) is 2.93. The Labute approximate surface area is 156 Å². The smallest absolute Gasteiger partial charge is 0.225 e. The molecule has 0 saturated heterocycles. The maximum Gasteiger partial charge on any atom is 0.225 e. The largest absolute Gasteiger partial charge is 0.355 e. The maximum absolute atomic E-state index is 12.2. The first-order valence-electron chi connectivity index (χ1n) is 8.45. The number of aromatic nitrogens is 4. The summed E-state index contributed by atoms with van der Waals surface area (Å²) in [5.41, 5.74) is 3.86. The van der Waals surface area contributed by atoms with Crippen molar-refractivity contribution in [1.29, 1.82) is 0 Å². The lowest BCUT2D eigenvalue weighted by atomic mass is 10.1. The number of carbonyl (C=O) groups excluding carboxylic acids is 1. The van der Waals surface area contributed by atoms with Crippen molar-refractivity contribution in [3.63, 3.8) is 0 Å². The summed E-state index contributed by atoms with van der Waals surface area (Å²) in [6.07, 6.45) is 6.35. The van der Waals surface area contributed by atoms with E-state index in [1.54, 1.807) is 23.7 Å². The molecule has 0 unspecified atom stereocenters. The van der Waals surface area contributed by atoms with Crippen LogP contribution in [0, 0.1) is 20.8 Å². The van der Waals surface area contributed by atoms with Crippen molar-refractivity contribution in [3.05, 3.63) is 57.8 Å². The van der Waals surface area contributed by atoms with Gasteiger partial charge in [0.2, 0.25) is 5.91 Å². The number of amides is 1. The lowest BCUT2D eigenvalue weighted by molar-refractivity contribution is -0.120. The molecule has 0 spiro atoms. The molecule has 0 radical (unpaired) electrons. The summed E-state index contributed by atoms with van der Waals surface area (Å²) >= 11 is 1.58. The molecule has 0 saturated carbocycles. The molecule has 1 N–H and O–H groups in total. The van der Waals surface area contributed by atoms with Gasteiger partial charge in [0, 0.05) is 42.0 Å². The third-order valence-electron chi connectivity index (χ3n) is 3.98. The van der Waals surface area contributed by atoms with Crippen LogP contribution in [-0.2, 0) is 17.6 Å². The average molecular weight is 367 g/mol. The standard InChI is InChI=1S/C19H21N5OS/c1-12-18(26-14(3)23-12)10-19(25)21-9-6-17-16(11-22-13(2)24-17)15-4-7-20-8-5-15/h4-5,7-8,11H,6,9-10H2,1-3H3,(H,21,25). The molecule has 1 amide bonds. The van der Waals surface area contributed by atoms with E-state index in [9.17, 15) is 4.79 Å². The number of nitrogens with one attached hydrogen (secondary N) is 1. The van der Waals surface area contributed by atoms with Gasteiger partial charge < -0.3 is 5.32 Å². The van der Waals surface area contributed by atoms with Crippen molar-refractivity contribution >= 4 is 17.2 Å². The van der Waals surface area contributed by atoms with Crippen molar-refractivity contribution in [2.24, 2.45) is 0 Å². The minimum atomic E-state index is 0.00740. The number of pyridine rings is 1. The first-order chi connectivity index (χ1) is 12.5. The Hall–Kier alpha value is -2.67. The monoisotopic (exact) mass is 367 g/mol. The van der Waals surface area contributed by atoms with Gasteiger partial charge in [-0.1, -0.05) is 0 Å². The molecule has 134 valence electrons. The van der Waals surface area contributed by atoms with Gasteiger partial charge in [-0.3, -0.25) is 9.78 Å². The molecule has 26 heavy (non-hydrogen) atoms. The van der Waals surface area contributed by atoms with Gasteiger partial charge in [-0.15, -0.1) is 11.3 Å². The molecule has 3 heterocycles. The van der Waals surface area contributed by atoms with Crippen LogP contribution in [0.3, 0.4) is 0 Å². The molecule has 6 nitrogen and oxygen atoms in total. The van der Waals surface area contributed by atoms with Crippen LogP contribution in [-0.4, -0.2) is 32.4 Å². The number of hydrogen-bond acceptors (Lipinski definition) is 6. The van der Waals surface area contributed by atoms with Gasteiger partial charge in [0.15, 0.2) is 0 Å². The molecular weight excluding hydrogens is 346 g/mol. The molecule has 0 atom stereocenters. The summed E-state index contributed by atoms with van der Waals surface area (Å²) in [7, 11) is 0. The maximum atomic E-state index is 12.2. The predicted molar refractivity (Wildman–Crippen MR) is 102 cm³/mol. The highest BCUT2D eigenvalue weighted by molar-refractivity contribution is 7.11. The van der Waals surface area contributed by atoms with Crippen LogP contribution < -0.4 is 5.32 Å². The minimum Gasteiger partial charge on any atom is -0.355 e.